The van der Waals surface area contributed by atoms with Gasteiger partial charge in [-0.25, -0.2) is 0 Å². The van der Waals surface area contributed by atoms with Gasteiger partial charge >= 0.3 is 6.01 Å². The molecule has 0 aliphatic rings. The lowest BCUT2D eigenvalue weighted by atomic mass is 10.2. The predicted molar refractivity (Wildman–Crippen MR) is 73.8 cm³/mol. The molecule has 1 aromatic heterocycles. The Hall–Kier alpha value is -1.40. The van der Waals surface area contributed by atoms with E-state index < -0.39 is 0 Å². The first-order chi connectivity index (χ1) is 8.69. The fourth-order valence-electron chi connectivity index (χ4n) is 1.46. The van der Waals surface area contributed by atoms with Crippen LogP contribution in [0.15, 0.2) is 27.1 Å². The smallest absolute Gasteiger partial charge is 0.320 e. The summed E-state index contributed by atoms with van der Waals surface area (Å²) in [5.74, 6) is 0.572. The summed E-state index contributed by atoms with van der Waals surface area (Å²) in [5.41, 5.74) is 2.07. The molecular weight excluding hydrogens is 296 g/mol. The second kappa shape index (κ2) is 5.97. The Morgan fingerprint density at radius 1 is 1.33 bits per heavy atom. The molecule has 0 amide bonds. The summed E-state index contributed by atoms with van der Waals surface area (Å²) in [5, 5.41) is 14.1. The highest BCUT2D eigenvalue weighted by atomic mass is 79.9. The maximum absolute atomic E-state index is 5.47. The van der Waals surface area contributed by atoms with E-state index in [4.69, 9.17) is 4.42 Å². The first-order valence-corrected chi connectivity index (χ1v) is 6.54. The minimum atomic E-state index is 0.397. The molecule has 0 unspecified atom stereocenters. The van der Waals surface area contributed by atoms with Gasteiger partial charge in [-0.1, -0.05) is 18.1 Å². The van der Waals surface area contributed by atoms with E-state index in [2.05, 4.69) is 36.8 Å². The number of nitrogens with zero attached hydrogens (tertiary/aromatic N) is 2. The molecule has 1 aromatic carbocycles. The first kappa shape index (κ1) is 13.0. The van der Waals surface area contributed by atoms with E-state index in [1.165, 1.54) is 0 Å². The van der Waals surface area contributed by atoms with Crippen LogP contribution in [-0.4, -0.2) is 16.7 Å². The normalized spacial score (nSPS) is 10.6. The number of hydrogen-bond acceptors (Lipinski definition) is 5. The number of aromatic nitrogens is 2. The lowest BCUT2D eigenvalue weighted by molar-refractivity contribution is 0.484. The molecular formula is C12H15BrN4O. The van der Waals surface area contributed by atoms with Crippen LogP contribution in [0.25, 0.3) is 0 Å². The van der Waals surface area contributed by atoms with Crippen molar-refractivity contribution in [3.05, 3.63) is 34.1 Å². The van der Waals surface area contributed by atoms with Crippen LogP contribution in [0.3, 0.4) is 0 Å². The van der Waals surface area contributed by atoms with E-state index in [-0.39, 0.29) is 0 Å². The Bertz CT molecular complexity index is 527. The van der Waals surface area contributed by atoms with Gasteiger partial charge in [-0.15, -0.1) is 5.10 Å². The van der Waals surface area contributed by atoms with Crippen LogP contribution in [0.4, 0.5) is 11.7 Å². The third kappa shape index (κ3) is 3.30. The van der Waals surface area contributed by atoms with Crippen molar-refractivity contribution in [1.82, 2.24) is 15.5 Å². The van der Waals surface area contributed by atoms with Crippen LogP contribution >= 0.6 is 15.9 Å². The van der Waals surface area contributed by atoms with E-state index in [9.17, 15) is 0 Å². The zero-order chi connectivity index (χ0) is 13.0. The standard InChI is InChI=1S/C12H15BrN4O/c1-3-14-7-11-16-17-12(18-11)15-10-6-8(2)4-5-9(10)13/h4-6,14H,3,7H2,1-2H3,(H,15,17). The molecule has 96 valence electrons. The van der Waals surface area contributed by atoms with Crippen LogP contribution in [-0.2, 0) is 6.54 Å². The SMILES string of the molecule is CCNCc1nnc(Nc2cc(C)ccc2Br)o1. The highest BCUT2D eigenvalue weighted by Crippen LogP contribution is 2.26. The minimum Gasteiger partial charge on any atom is -0.406 e. The van der Waals surface area contributed by atoms with Gasteiger partial charge in [-0.3, -0.25) is 0 Å². The molecule has 0 aliphatic heterocycles. The van der Waals surface area contributed by atoms with Crippen LogP contribution in [0, 0.1) is 6.92 Å². The van der Waals surface area contributed by atoms with Gasteiger partial charge in [-0.05, 0) is 47.1 Å². The van der Waals surface area contributed by atoms with Gasteiger partial charge in [0.05, 0.1) is 12.2 Å². The van der Waals surface area contributed by atoms with Crippen molar-refractivity contribution in [3.8, 4) is 0 Å². The Morgan fingerprint density at radius 2 is 2.17 bits per heavy atom. The van der Waals surface area contributed by atoms with Crippen molar-refractivity contribution in [2.45, 2.75) is 20.4 Å². The van der Waals surface area contributed by atoms with Crippen molar-refractivity contribution >= 4 is 27.6 Å². The molecule has 2 N–H and O–H groups in total. The molecule has 0 saturated heterocycles. The maximum Gasteiger partial charge on any atom is 0.320 e. The zero-order valence-electron chi connectivity index (χ0n) is 10.3. The summed E-state index contributed by atoms with van der Waals surface area (Å²) in [6.07, 6.45) is 0. The van der Waals surface area contributed by atoms with Gasteiger partial charge < -0.3 is 15.1 Å². The lowest BCUT2D eigenvalue weighted by Crippen LogP contribution is -2.11. The van der Waals surface area contributed by atoms with Crippen LogP contribution in [0.1, 0.15) is 18.4 Å². The monoisotopic (exact) mass is 310 g/mol. The van der Waals surface area contributed by atoms with E-state index in [0.717, 1.165) is 22.3 Å². The third-order valence-electron chi connectivity index (χ3n) is 2.36. The number of hydrogen-bond donors (Lipinski definition) is 2. The summed E-state index contributed by atoms with van der Waals surface area (Å²) in [7, 11) is 0. The lowest BCUT2D eigenvalue weighted by Gasteiger charge is -2.05. The molecule has 0 fully saturated rings. The summed E-state index contributed by atoms with van der Waals surface area (Å²) in [6.45, 7) is 5.51. The van der Waals surface area contributed by atoms with E-state index in [1.54, 1.807) is 0 Å². The molecule has 0 radical (unpaired) electrons. The summed E-state index contributed by atoms with van der Waals surface area (Å²) in [6, 6.07) is 6.42. The first-order valence-electron chi connectivity index (χ1n) is 5.75. The molecule has 2 rings (SSSR count). The largest absolute Gasteiger partial charge is 0.406 e. The van der Waals surface area contributed by atoms with Crippen molar-refractivity contribution in [2.24, 2.45) is 0 Å². The summed E-state index contributed by atoms with van der Waals surface area (Å²) < 4.78 is 6.43. The Morgan fingerprint density at radius 3 is 2.94 bits per heavy atom. The number of aryl methyl sites for hydroxylation is 1. The average Bonchev–Trinajstić information content (AvgIpc) is 2.79. The van der Waals surface area contributed by atoms with Crippen molar-refractivity contribution < 1.29 is 4.42 Å². The van der Waals surface area contributed by atoms with E-state index in [1.807, 2.05) is 32.0 Å². The maximum atomic E-state index is 5.47. The molecule has 5 nitrogen and oxygen atoms in total. The van der Waals surface area contributed by atoms with Gasteiger partial charge in [-0.2, -0.15) is 0 Å². The fourth-order valence-corrected chi connectivity index (χ4v) is 1.80. The molecule has 18 heavy (non-hydrogen) atoms. The topological polar surface area (TPSA) is 63.0 Å². The quantitative estimate of drug-likeness (QED) is 0.889. The van der Waals surface area contributed by atoms with Gasteiger partial charge in [0.2, 0.25) is 5.89 Å². The third-order valence-corrected chi connectivity index (χ3v) is 3.05. The Balaban J connectivity index is 2.08. The second-order valence-corrected chi connectivity index (χ2v) is 4.74. The molecule has 0 saturated carbocycles. The van der Waals surface area contributed by atoms with Crippen molar-refractivity contribution in [2.75, 3.05) is 11.9 Å². The number of halogens is 1. The van der Waals surface area contributed by atoms with E-state index in [0.29, 0.717) is 18.5 Å². The van der Waals surface area contributed by atoms with E-state index >= 15 is 0 Å². The van der Waals surface area contributed by atoms with Gasteiger partial charge in [0, 0.05) is 4.47 Å². The van der Waals surface area contributed by atoms with Gasteiger partial charge in [0.1, 0.15) is 0 Å². The van der Waals surface area contributed by atoms with Gasteiger partial charge in [0.15, 0.2) is 0 Å². The van der Waals surface area contributed by atoms with Crippen LogP contribution < -0.4 is 10.6 Å². The molecule has 6 heteroatoms. The number of benzene rings is 1. The number of anilines is 2. The molecule has 0 spiro atoms. The zero-order valence-corrected chi connectivity index (χ0v) is 11.9. The molecule has 0 aliphatic carbocycles. The fraction of sp³-hybridized carbons (Fsp3) is 0.333. The molecule has 2 aromatic rings. The molecule has 0 bridgehead atoms. The average molecular weight is 311 g/mol. The van der Waals surface area contributed by atoms with Crippen LogP contribution in [0.5, 0.6) is 0 Å². The number of rotatable bonds is 5. The summed E-state index contributed by atoms with van der Waals surface area (Å²) >= 11 is 3.47. The number of nitrogens with one attached hydrogen (secondary N) is 2. The Labute approximate surface area is 114 Å². The van der Waals surface area contributed by atoms with Gasteiger partial charge in [0.25, 0.3) is 0 Å². The van der Waals surface area contributed by atoms with Crippen molar-refractivity contribution in [1.29, 1.82) is 0 Å². The molecule has 0 atom stereocenters. The highest BCUT2D eigenvalue weighted by Gasteiger charge is 2.07. The highest BCUT2D eigenvalue weighted by molar-refractivity contribution is 9.10. The second-order valence-electron chi connectivity index (χ2n) is 3.89. The predicted octanol–water partition coefficient (Wildman–Crippen LogP) is 2.99. The van der Waals surface area contributed by atoms with Crippen molar-refractivity contribution in [3.63, 3.8) is 0 Å². The molecule has 1 heterocycles. The Kier molecular flexibility index (Phi) is 4.33. The minimum absolute atomic E-state index is 0.397. The summed E-state index contributed by atoms with van der Waals surface area (Å²) in [4.78, 5) is 0. The van der Waals surface area contributed by atoms with Crippen LogP contribution in [0.2, 0.25) is 0 Å².